The number of benzene rings is 3. The molecular formula is C51H68N14O9. The maximum Gasteiger partial charge on any atom is 0.243 e. The largest absolute Gasteiger partial charge is 0.370 e. The fraction of sp³-hybridized carbons (Fsp3) is 0.431. The zero-order valence-electron chi connectivity index (χ0n) is 41.6. The van der Waals surface area contributed by atoms with Crippen molar-refractivity contribution in [3.63, 3.8) is 0 Å². The predicted molar refractivity (Wildman–Crippen MR) is 274 cm³/mol. The van der Waals surface area contributed by atoms with E-state index in [-0.39, 0.29) is 76.8 Å². The number of nitrogens with zero attached hydrogens (tertiary/aromatic N) is 1. The number of carbonyl (C=O) groups is 9. The summed E-state index contributed by atoms with van der Waals surface area (Å²) in [5.41, 5.74) is 13.0. The van der Waals surface area contributed by atoms with Crippen LogP contribution in [-0.4, -0.2) is 124 Å². The molecule has 0 unspecified atom stereocenters. The SMILES string of the molecule is CCCC[C@H](NC(C)=O)C(=O)N[C@H]1CCC(=O)NCC[C@@H](C(=O)N[C@H](Cc2ccc3ccccc3c2)C(N)=O)NC(=O)[C@H](CCCNC(=N)N)NC(=O)[C@@H](Cc2ccccc2)NC(=O)[C@H](Cc2c[nH]cn2)NC1=O. The first-order valence-corrected chi connectivity index (χ1v) is 24.7. The molecule has 9 amide bonds. The number of unbranched alkanes of at least 4 members (excludes halogenated alkanes) is 1. The smallest absolute Gasteiger partial charge is 0.243 e. The van der Waals surface area contributed by atoms with Gasteiger partial charge in [-0.2, -0.15) is 0 Å². The van der Waals surface area contributed by atoms with Gasteiger partial charge in [0.15, 0.2) is 5.96 Å². The van der Waals surface area contributed by atoms with Crippen LogP contribution in [0.5, 0.6) is 0 Å². The molecule has 7 atom stereocenters. The molecule has 0 spiro atoms. The molecule has 0 bridgehead atoms. The van der Waals surface area contributed by atoms with Crippen molar-refractivity contribution < 1.29 is 43.2 Å². The van der Waals surface area contributed by atoms with E-state index in [4.69, 9.17) is 16.9 Å². The summed E-state index contributed by atoms with van der Waals surface area (Å²) in [6, 6.07) is 12.5. The van der Waals surface area contributed by atoms with Crippen LogP contribution in [0.3, 0.4) is 0 Å². The van der Waals surface area contributed by atoms with E-state index in [1.54, 1.807) is 36.4 Å². The van der Waals surface area contributed by atoms with Gasteiger partial charge < -0.3 is 64.3 Å². The zero-order chi connectivity index (χ0) is 53.6. The van der Waals surface area contributed by atoms with Crippen molar-refractivity contribution in [2.75, 3.05) is 13.1 Å². The van der Waals surface area contributed by atoms with Crippen molar-refractivity contribution in [3.8, 4) is 0 Å². The van der Waals surface area contributed by atoms with E-state index in [2.05, 4.69) is 57.8 Å². The summed E-state index contributed by atoms with van der Waals surface area (Å²) in [5, 5.41) is 33.6. The Hall–Kier alpha value is -8.37. The molecule has 1 saturated heterocycles. The molecule has 1 aliphatic heterocycles. The molecule has 5 rings (SSSR count). The third kappa shape index (κ3) is 18.3. The van der Waals surface area contributed by atoms with Gasteiger partial charge in [-0.25, -0.2) is 4.98 Å². The molecule has 1 fully saturated rings. The van der Waals surface area contributed by atoms with Crippen molar-refractivity contribution in [1.29, 1.82) is 5.41 Å². The number of fused-ring (bicyclic) bond motifs is 1. The van der Waals surface area contributed by atoms with Gasteiger partial charge in [-0.1, -0.05) is 92.6 Å². The van der Waals surface area contributed by atoms with Crippen LogP contribution in [0.2, 0.25) is 0 Å². The van der Waals surface area contributed by atoms with E-state index in [1.807, 2.05) is 43.3 Å². The Morgan fingerprint density at radius 1 is 0.757 bits per heavy atom. The molecule has 4 aromatic rings. The number of primary amides is 1. The van der Waals surface area contributed by atoms with Crippen LogP contribution < -0.4 is 59.3 Å². The number of hydrogen-bond donors (Lipinski definition) is 13. The topological polar surface area (TPSA) is 366 Å². The summed E-state index contributed by atoms with van der Waals surface area (Å²) in [6.45, 7) is 3.05. The maximum absolute atomic E-state index is 14.6. The summed E-state index contributed by atoms with van der Waals surface area (Å²) in [7, 11) is 0. The van der Waals surface area contributed by atoms with Gasteiger partial charge >= 0.3 is 0 Å². The van der Waals surface area contributed by atoms with E-state index >= 15 is 0 Å². The molecule has 23 heteroatoms. The first-order chi connectivity index (χ1) is 35.5. The third-order valence-electron chi connectivity index (χ3n) is 12.3. The molecule has 0 saturated carbocycles. The lowest BCUT2D eigenvalue weighted by Gasteiger charge is -2.28. The number of nitrogens with one attached hydrogen (secondary N) is 11. The highest BCUT2D eigenvalue weighted by atomic mass is 16.2. The van der Waals surface area contributed by atoms with Crippen molar-refractivity contribution in [2.24, 2.45) is 11.5 Å². The fourth-order valence-electron chi connectivity index (χ4n) is 8.32. The van der Waals surface area contributed by atoms with Gasteiger partial charge in [-0.05, 0) is 54.0 Å². The van der Waals surface area contributed by atoms with E-state index in [9.17, 15) is 43.2 Å². The number of aromatic amines is 1. The number of hydrogen-bond acceptors (Lipinski definition) is 11. The number of imidazole rings is 1. The Morgan fingerprint density at radius 2 is 1.43 bits per heavy atom. The number of nitrogens with two attached hydrogens (primary N) is 2. The predicted octanol–water partition coefficient (Wildman–Crippen LogP) is -0.757. The molecule has 0 aliphatic carbocycles. The molecule has 0 radical (unpaired) electrons. The lowest BCUT2D eigenvalue weighted by Crippen LogP contribution is -2.60. The molecule has 3 aromatic carbocycles. The molecule has 2 heterocycles. The van der Waals surface area contributed by atoms with Crippen LogP contribution in [-0.2, 0) is 62.4 Å². The number of rotatable bonds is 19. The van der Waals surface area contributed by atoms with E-state index in [1.165, 1.54) is 19.4 Å². The minimum absolute atomic E-state index is 0.00231. The Bertz CT molecular complexity index is 2600. The fourth-order valence-corrected chi connectivity index (χ4v) is 8.32. The van der Waals surface area contributed by atoms with Gasteiger partial charge in [-0.15, -0.1) is 0 Å². The van der Waals surface area contributed by atoms with Crippen molar-refractivity contribution in [2.45, 2.75) is 127 Å². The first kappa shape index (κ1) is 56.5. The van der Waals surface area contributed by atoms with Crippen LogP contribution >= 0.6 is 0 Å². The molecular weight excluding hydrogens is 953 g/mol. The second-order valence-electron chi connectivity index (χ2n) is 18.2. The minimum atomic E-state index is -1.44. The summed E-state index contributed by atoms with van der Waals surface area (Å²) in [6.07, 6.45) is 3.32. The zero-order valence-corrected chi connectivity index (χ0v) is 41.6. The standard InChI is InChI=1S/C51H68N14O9/c1-3-4-15-36(59-30(2)66)45(69)61-38-19-20-43(67)56-23-21-39(48(72)63-40(44(52)68)26-32-17-18-33-13-8-9-14-34(33)24-32)62-46(70)37(16-10-22-57-51(53)54)60-49(73)41(25-31-11-6-5-7-12-31)64-50(74)42(65-47(38)71)27-35-28-55-29-58-35/h5-9,11-14,17-18,24,28-29,36-42H,3-4,10,15-16,19-23,25-27H2,1-2H3,(H2,52,68)(H,55,58)(H,56,67)(H,59,66)(H,60,73)(H,61,69)(H,62,70)(H,63,72)(H,64,74)(H,65,71)(H4,53,54,57)/t36-,37-,38-,39-,40+,41+,42-/m0/s1. The summed E-state index contributed by atoms with van der Waals surface area (Å²) in [5.74, 6) is -7.18. The molecule has 1 aliphatic rings. The first-order valence-electron chi connectivity index (χ1n) is 24.7. The van der Waals surface area contributed by atoms with Gasteiger partial charge in [-0.3, -0.25) is 48.6 Å². The Labute approximate surface area is 428 Å². The highest BCUT2D eigenvalue weighted by Crippen LogP contribution is 2.17. The second kappa shape index (κ2) is 28.6. The quantitative estimate of drug-likeness (QED) is 0.0313. The number of amides is 9. The van der Waals surface area contributed by atoms with Crippen molar-refractivity contribution in [1.82, 2.24) is 57.8 Å². The lowest BCUT2D eigenvalue weighted by atomic mass is 10.0. The van der Waals surface area contributed by atoms with Crippen LogP contribution in [0.25, 0.3) is 10.8 Å². The van der Waals surface area contributed by atoms with Gasteiger partial charge in [0.05, 0.1) is 12.0 Å². The second-order valence-corrected chi connectivity index (χ2v) is 18.2. The molecule has 396 valence electrons. The summed E-state index contributed by atoms with van der Waals surface area (Å²) < 4.78 is 0. The normalized spacial score (nSPS) is 20.0. The minimum Gasteiger partial charge on any atom is -0.370 e. The highest BCUT2D eigenvalue weighted by Gasteiger charge is 2.35. The van der Waals surface area contributed by atoms with Crippen LogP contribution in [0.4, 0.5) is 0 Å². The average Bonchev–Trinajstić information content (AvgIpc) is 3.89. The summed E-state index contributed by atoms with van der Waals surface area (Å²) in [4.78, 5) is 132. The lowest BCUT2D eigenvalue weighted by molar-refractivity contribution is -0.135. The van der Waals surface area contributed by atoms with Gasteiger partial charge in [0.2, 0.25) is 53.2 Å². The van der Waals surface area contributed by atoms with Crippen LogP contribution in [0, 0.1) is 5.41 Å². The number of guanidine groups is 1. The number of carbonyl (C=O) groups excluding carboxylic acids is 9. The van der Waals surface area contributed by atoms with E-state index in [0.717, 1.165) is 10.8 Å². The molecule has 1 aromatic heterocycles. The molecule has 74 heavy (non-hydrogen) atoms. The van der Waals surface area contributed by atoms with Gasteiger partial charge in [0.25, 0.3) is 0 Å². The summed E-state index contributed by atoms with van der Waals surface area (Å²) >= 11 is 0. The third-order valence-corrected chi connectivity index (χ3v) is 12.3. The monoisotopic (exact) mass is 1020 g/mol. The maximum atomic E-state index is 14.6. The number of aromatic nitrogens is 2. The van der Waals surface area contributed by atoms with E-state index < -0.39 is 95.5 Å². The van der Waals surface area contributed by atoms with Crippen LogP contribution in [0.15, 0.2) is 85.3 Å². The van der Waals surface area contributed by atoms with Crippen molar-refractivity contribution in [3.05, 3.63) is 102 Å². The van der Waals surface area contributed by atoms with Crippen molar-refractivity contribution >= 4 is 69.9 Å². The Morgan fingerprint density at radius 3 is 2.11 bits per heavy atom. The molecule has 23 nitrogen and oxygen atoms in total. The van der Waals surface area contributed by atoms with Gasteiger partial charge in [0, 0.05) is 51.9 Å². The Balaban J connectivity index is 1.51. The average molecular weight is 1020 g/mol. The number of H-pyrrole nitrogens is 1. The van der Waals surface area contributed by atoms with Crippen LogP contribution in [0.1, 0.15) is 82.0 Å². The van der Waals surface area contributed by atoms with E-state index in [0.29, 0.717) is 29.7 Å². The highest BCUT2D eigenvalue weighted by molar-refractivity contribution is 5.98. The Kier molecular flexibility index (Phi) is 21.9. The van der Waals surface area contributed by atoms with Gasteiger partial charge in [0.1, 0.15) is 42.3 Å². The molecule has 15 N–H and O–H groups in total.